The Bertz CT molecular complexity index is 244. The van der Waals surface area contributed by atoms with Crippen LogP contribution in [0.1, 0.15) is 13.8 Å². The molecule has 0 saturated carbocycles. The predicted molar refractivity (Wildman–Crippen MR) is 48.8 cm³/mol. The van der Waals surface area contributed by atoms with Crippen LogP contribution in [0.3, 0.4) is 0 Å². The maximum absolute atomic E-state index is 11.1. The fourth-order valence-electron chi connectivity index (χ4n) is 0.933. The molecule has 0 aromatic carbocycles. The van der Waals surface area contributed by atoms with Crippen molar-refractivity contribution < 1.29 is 24.2 Å². The summed E-state index contributed by atoms with van der Waals surface area (Å²) in [5.74, 6) is -1.88. The summed E-state index contributed by atoms with van der Waals surface area (Å²) in [5, 5.41) is 8.51. The highest BCUT2D eigenvalue weighted by molar-refractivity contribution is 5.96. The van der Waals surface area contributed by atoms with Gasteiger partial charge in [-0.1, -0.05) is 0 Å². The van der Waals surface area contributed by atoms with E-state index in [1.54, 1.807) is 13.8 Å². The first-order valence-electron chi connectivity index (χ1n) is 4.17. The monoisotopic (exact) mass is 202 g/mol. The summed E-state index contributed by atoms with van der Waals surface area (Å²) in [6.07, 6.45) is 0.218. The van der Waals surface area contributed by atoms with Gasteiger partial charge in [-0.15, -0.1) is 0 Å². The molecule has 5 heteroatoms. The molecule has 0 aliphatic heterocycles. The Morgan fingerprint density at radius 1 is 1.50 bits per heavy atom. The number of methoxy groups -OCH3 is 1. The van der Waals surface area contributed by atoms with Crippen LogP contribution < -0.4 is 0 Å². The molecule has 0 aromatic rings. The van der Waals surface area contributed by atoms with Gasteiger partial charge in [0.25, 0.3) is 0 Å². The number of rotatable bonds is 5. The molecule has 0 radical (unpaired) electrons. The zero-order valence-electron chi connectivity index (χ0n) is 8.44. The topological polar surface area (TPSA) is 72.8 Å². The van der Waals surface area contributed by atoms with Gasteiger partial charge in [0.15, 0.2) is 0 Å². The average molecular weight is 202 g/mol. The van der Waals surface area contributed by atoms with Crippen molar-refractivity contribution in [3.8, 4) is 0 Å². The number of hydrogen-bond acceptors (Lipinski definition) is 4. The zero-order chi connectivity index (χ0) is 11.1. The van der Waals surface area contributed by atoms with Crippen molar-refractivity contribution in [3.05, 3.63) is 11.6 Å². The van der Waals surface area contributed by atoms with Gasteiger partial charge in [0, 0.05) is 12.7 Å². The van der Waals surface area contributed by atoms with Crippen molar-refractivity contribution in [2.75, 3.05) is 13.7 Å². The number of carbonyl (C=O) groups is 2. The summed E-state index contributed by atoms with van der Waals surface area (Å²) in [5.41, 5.74) is 0.00171. The van der Waals surface area contributed by atoms with Crippen molar-refractivity contribution >= 4 is 11.9 Å². The van der Waals surface area contributed by atoms with E-state index in [2.05, 4.69) is 4.74 Å². The minimum atomic E-state index is -1.20. The minimum absolute atomic E-state index is 0.00171. The normalized spacial score (nSPS) is 13.5. The van der Waals surface area contributed by atoms with Gasteiger partial charge < -0.3 is 14.6 Å². The van der Waals surface area contributed by atoms with E-state index in [9.17, 15) is 9.59 Å². The summed E-state index contributed by atoms with van der Waals surface area (Å²) in [4.78, 5) is 21.5. The van der Waals surface area contributed by atoms with Crippen LogP contribution in [0.5, 0.6) is 0 Å². The summed E-state index contributed by atoms with van der Waals surface area (Å²) in [6, 6.07) is 0. The standard InChI is InChI=1S/C9H14O5/c1-4-14-6(2)7(5-8(10)11)9(12)13-3/h5-6H,4H2,1-3H3,(H,10,11). The molecule has 0 fully saturated rings. The van der Waals surface area contributed by atoms with E-state index in [0.717, 1.165) is 6.08 Å². The van der Waals surface area contributed by atoms with Crippen molar-refractivity contribution in [2.45, 2.75) is 20.0 Å². The Morgan fingerprint density at radius 3 is 2.43 bits per heavy atom. The first-order valence-corrected chi connectivity index (χ1v) is 4.17. The largest absolute Gasteiger partial charge is 0.478 e. The second kappa shape index (κ2) is 6.15. The van der Waals surface area contributed by atoms with Crippen LogP contribution in [-0.4, -0.2) is 36.9 Å². The number of carboxylic acids is 1. The Morgan fingerprint density at radius 2 is 2.07 bits per heavy atom. The smallest absolute Gasteiger partial charge is 0.336 e. The molecule has 0 spiro atoms. The van der Waals surface area contributed by atoms with Gasteiger partial charge in [-0.2, -0.15) is 0 Å². The van der Waals surface area contributed by atoms with Crippen LogP contribution in [0.4, 0.5) is 0 Å². The number of esters is 1. The zero-order valence-corrected chi connectivity index (χ0v) is 8.44. The van der Waals surface area contributed by atoms with E-state index in [4.69, 9.17) is 9.84 Å². The summed E-state index contributed by atoms with van der Waals surface area (Å²) < 4.78 is 9.53. The predicted octanol–water partition coefficient (Wildman–Crippen LogP) is 0.595. The quantitative estimate of drug-likeness (QED) is 0.522. The number of ether oxygens (including phenoxy) is 2. The van der Waals surface area contributed by atoms with Crippen molar-refractivity contribution in [1.29, 1.82) is 0 Å². The lowest BCUT2D eigenvalue weighted by atomic mass is 10.1. The number of carbonyl (C=O) groups excluding carboxylic acids is 1. The molecule has 0 aromatic heterocycles. The van der Waals surface area contributed by atoms with Gasteiger partial charge in [0.05, 0.1) is 18.8 Å². The second-order valence-corrected chi connectivity index (χ2v) is 2.53. The number of hydrogen-bond donors (Lipinski definition) is 1. The Kier molecular flexibility index (Phi) is 5.55. The lowest BCUT2D eigenvalue weighted by Crippen LogP contribution is -2.21. The van der Waals surface area contributed by atoms with Crippen molar-refractivity contribution in [1.82, 2.24) is 0 Å². The third-order valence-electron chi connectivity index (χ3n) is 1.55. The molecule has 80 valence electrons. The maximum Gasteiger partial charge on any atom is 0.336 e. The van der Waals surface area contributed by atoms with Crippen LogP contribution in [0.2, 0.25) is 0 Å². The number of aliphatic carboxylic acids is 1. The third-order valence-corrected chi connectivity index (χ3v) is 1.55. The molecule has 0 heterocycles. The van der Waals surface area contributed by atoms with Gasteiger partial charge >= 0.3 is 11.9 Å². The van der Waals surface area contributed by atoms with E-state index >= 15 is 0 Å². The summed E-state index contributed by atoms with van der Waals surface area (Å²) in [7, 11) is 1.19. The Hall–Kier alpha value is -1.36. The maximum atomic E-state index is 11.1. The van der Waals surface area contributed by atoms with Gasteiger partial charge in [-0.25, -0.2) is 9.59 Å². The third kappa shape index (κ3) is 4.04. The molecular weight excluding hydrogens is 188 g/mol. The highest BCUT2D eigenvalue weighted by Gasteiger charge is 2.19. The van der Waals surface area contributed by atoms with Gasteiger partial charge in [0.1, 0.15) is 0 Å². The molecule has 0 rings (SSSR count). The fraction of sp³-hybridized carbons (Fsp3) is 0.556. The Labute approximate surface area is 82.3 Å². The van der Waals surface area contributed by atoms with Crippen LogP contribution in [0, 0.1) is 0 Å². The van der Waals surface area contributed by atoms with E-state index in [0.29, 0.717) is 6.61 Å². The first-order chi connectivity index (χ1) is 6.52. The number of carboxylic acid groups (broad SMARTS) is 1. The van der Waals surface area contributed by atoms with Crippen LogP contribution in [0.25, 0.3) is 0 Å². The summed E-state index contributed by atoms with van der Waals surface area (Å²) in [6.45, 7) is 3.75. The van der Waals surface area contributed by atoms with Gasteiger partial charge in [0.2, 0.25) is 0 Å². The molecule has 14 heavy (non-hydrogen) atoms. The molecule has 0 saturated heterocycles. The van der Waals surface area contributed by atoms with Gasteiger partial charge in [-0.05, 0) is 13.8 Å². The molecule has 0 amide bonds. The second-order valence-electron chi connectivity index (χ2n) is 2.53. The molecule has 0 aliphatic carbocycles. The Balaban J connectivity index is 4.72. The lowest BCUT2D eigenvalue weighted by molar-refractivity contribution is -0.139. The first kappa shape index (κ1) is 12.6. The average Bonchev–Trinajstić information content (AvgIpc) is 2.13. The molecular formula is C9H14O5. The molecule has 1 atom stereocenters. The summed E-state index contributed by atoms with van der Waals surface area (Å²) >= 11 is 0. The SMILES string of the molecule is CCOC(C)C(=CC(=O)O)C(=O)OC. The molecule has 0 bridgehead atoms. The fourth-order valence-corrected chi connectivity index (χ4v) is 0.933. The van der Waals surface area contributed by atoms with E-state index in [1.165, 1.54) is 7.11 Å². The molecule has 1 unspecified atom stereocenters. The van der Waals surface area contributed by atoms with E-state index < -0.39 is 18.0 Å². The highest BCUT2D eigenvalue weighted by Crippen LogP contribution is 2.08. The van der Waals surface area contributed by atoms with Crippen molar-refractivity contribution in [2.24, 2.45) is 0 Å². The van der Waals surface area contributed by atoms with Crippen LogP contribution in [-0.2, 0) is 19.1 Å². The minimum Gasteiger partial charge on any atom is -0.478 e. The van der Waals surface area contributed by atoms with Crippen molar-refractivity contribution in [3.63, 3.8) is 0 Å². The lowest BCUT2D eigenvalue weighted by Gasteiger charge is -2.13. The van der Waals surface area contributed by atoms with Crippen LogP contribution in [0.15, 0.2) is 11.6 Å². The molecule has 1 N–H and O–H groups in total. The van der Waals surface area contributed by atoms with Gasteiger partial charge in [-0.3, -0.25) is 0 Å². The molecule has 0 aliphatic rings. The van der Waals surface area contributed by atoms with E-state index in [-0.39, 0.29) is 5.57 Å². The molecule has 5 nitrogen and oxygen atoms in total. The highest BCUT2D eigenvalue weighted by atomic mass is 16.5. The van der Waals surface area contributed by atoms with E-state index in [1.807, 2.05) is 0 Å². The van der Waals surface area contributed by atoms with Crippen LogP contribution >= 0.6 is 0 Å².